The lowest BCUT2D eigenvalue weighted by atomic mass is 10.1. The summed E-state index contributed by atoms with van der Waals surface area (Å²) in [6.07, 6.45) is 2.10. The molecule has 1 aromatic carbocycles. The molecule has 0 saturated heterocycles. The van der Waals surface area contributed by atoms with Gasteiger partial charge < -0.3 is 13.6 Å². The van der Waals surface area contributed by atoms with Crippen LogP contribution in [-0.2, 0) is 17.8 Å². The standard InChI is InChI=1S/C17H13ClO5/c1-2-10-6-15-12(8-13(10)18)11(7-16(19)23-15)9-22-17(20)14-4-3-5-21-14/h3-8H,2,9H2,1H3. The molecule has 2 heterocycles. The third kappa shape index (κ3) is 3.14. The van der Waals surface area contributed by atoms with Gasteiger partial charge in [0.15, 0.2) is 0 Å². The van der Waals surface area contributed by atoms with E-state index >= 15 is 0 Å². The first kappa shape index (κ1) is 15.4. The van der Waals surface area contributed by atoms with Crippen molar-refractivity contribution >= 4 is 28.5 Å². The number of hydrogen-bond donors (Lipinski definition) is 0. The van der Waals surface area contributed by atoms with E-state index in [0.717, 1.165) is 12.0 Å². The van der Waals surface area contributed by atoms with E-state index in [9.17, 15) is 9.59 Å². The molecule has 0 aliphatic rings. The van der Waals surface area contributed by atoms with E-state index in [1.807, 2.05) is 6.92 Å². The average Bonchev–Trinajstić information content (AvgIpc) is 3.06. The highest BCUT2D eigenvalue weighted by Crippen LogP contribution is 2.26. The van der Waals surface area contributed by atoms with Crippen molar-refractivity contribution in [1.82, 2.24) is 0 Å². The van der Waals surface area contributed by atoms with Crippen molar-refractivity contribution in [2.75, 3.05) is 0 Å². The highest BCUT2D eigenvalue weighted by Gasteiger charge is 2.14. The molecule has 0 spiro atoms. The maximum absolute atomic E-state index is 11.8. The van der Waals surface area contributed by atoms with Crippen molar-refractivity contribution < 1.29 is 18.4 Å². The van der Waals surface area contributed by atoms with Crippen LogP contribution < -0.4 is 5.63 Å². The Morgan fingerprint density at radius 3 is 2.78 bits per heavy atom. The first-order chi connectivity index (χ1) is 11.1. The Hall–Kier alpha value is -2.53. The van der Waals surface area contributed by atoms with Crippen LogP contribution in [0.25, 0.3) is 11.0 Å². The number of rotatable bonds is 4. The Bertz CT molecular complexity index is 909. The van der Waals surface area contributed by atoms with Crippen molar-refractivity contribution in [3.8, 4) is 0 Å². The zero-order valence-electron chi connectivity index (χ0n) is 12.3. The minimum Gasteiger partial charge on any atom is -0.457 e. The Morgan fingerprint density at radius 1 is 1.26 bits per heavy atom. The Balaban J connectivity index is 1.95. The number of ether oxygens (including phenoxy) is 1. The van der Waals surface area contributed by atoms with Gasteiger partial charge in [-0.3, -0.25) is 0 Å². The molecular formula is C17H13ClO5. The van der Waals surface area contributed by atoms with Gasteiger partial charge in [0.25, 0.3) is 0 Å². The van der Waals surface area contributed by atoms with Crippen LogP contribution in [0.3, 0.4) is 0 Å². The van der Waals surface area contributed by atoms with Gasteiger partial charge in [0.2, 0.25) is 5.76 Å². The first-order valence-electron chi connectivity index (χ1n) is 7.04. The maximum Gasteiger partial charge on any atom is 0.374 e. The fraction of sp³-hybridized carbons (Fsp3) is 0.176. The molecule has 0 aliphatic carbocycles. The molecule has 0 amide bonds. The SMILES string of the molecule is CCc1cc2oc(=O)cc(COC(=O)c3ccco3)c2cc1Cl. The normalized spacial score (nSPS) is 10.9. The van der Waals surface area contributed by atoms with Crippen LogP contribution in [0.4, 0.5) is 0 Å². The summed E-state index contributed by atoms with van der Waals surface area (Å²) in [6.45, 7) is 1.88. The molecular weight excluding hydrogens is 320 g/mol. The quantitative estimate of drug-likeness (QED) is 0.534. The Kier molecular flexibility index (Phi) is 4.21. The number of carbonyl (C=O) groups is 1. The van der Waals surface area contributed by atoms with E-state index in [-0.39, 0.29) is 12.4 Å². The third-order valence-corrected chi connectivity index (χ3v) is 3.81. The molecule has 118 valence electrons. The molecule has 3 aromatic rings. The molecule has 0 unspecified atom stereocenters. The van der Waals surface area contributed by atoms with Gasteiger partial charge in [-0.1, -0.05) is 18.5 Å². The molecule has 0 atom stereocenters. The van der Waals surface area contributed by atoms with E-state index in [1.165, 1.54) is 18.4 Å². The zero-order chi connectivity index (χ0) is 16.4. The maximum atomic E-state index is 11.8. The Labute approximate surface area is 136 Å². The largest absolute Gasteiger partial charge is 0.457 e. The van der Waals surface area contributed by atoms with Gasteiger partial charge in [-0.15, -0.1) is 0 Å². The summed E-state index contributed by atoms with van der Waals surface area (Å²) < 4.78 is 15.3. The minimum absolute atomic E-state index is 0.0799. The average molecular weight is 333 g/mol. The van der Waals surface area contributed by atoms with Crippen LogP contribution in [0.2, 0.25) is 5.02 Å². The molecule has 0 bridgehead atoms. The molecule has 0 aliphatic heterocycles. The van der Waals surface area contributed by atoms with Crippen LogP contribution in [0.1, 0.15) is 28.6 Å². The molecule has 3 rings (SSSR count). The number of hydrogen-bond acceptors (Lipinski definition) is 5. The lowest BCUT2D eigenvalue weighted by Gasteiger charge is -2.08. The molecule has 5 nitrogen and oxygen atoms in total. The zero-order valence-corrected chi connectivity index (χ0v) is 13.1. The summed E-state index contributed by atoms with van der Waals surface area (Å²) in [6, 6.07) is 7.84. The van der Waals surface area contributed by atoms with Gasteiger partial charge in [-0.05, 0) is 36.2 Å². The number of halogens is 1. The number of aryl methyl sites for hydroxylation is 1. The second kappa shape index (κ2) is 6.30. The van der Waals surface area contributed by atoms with Crippen LogP contribution in [0.5, 0.6) is 0 Å². The van der Waals surface area contributed by atoms with Crippen LogP contribution in [0, 0.1) is 0 Å². The van der Waals surface area contributed by atoms with Gasteiger partial charge in [0.05, 0.1) is 6.26 Å². The number of fused-ring (bicyclic) bond motifs is 1. The fourth-order valence-electron chi connectivity index (χ4n) is 2.29. The highest BCUT2D eigenvalue weighted by molar-refractivity contribution is 6.32. The lowest BCUT2D eigenvalue weighted by molar-refractivity contribution is 0.0437. The number of esters is 1. The fourth-order valence-corrected chi connectivity index (χ4v) is 2.59. The number of carbonyl (C=O) groups excluding carboxylic acids is 1. The van der Waals surface area contributed by atoms with Crippen LogP contribution in [0.15, 0.2) is 50.2 Å². The first-order valence-corrected chi connectivity index (χ1v) is 7.42. The second-order valence-corrected chi connectivity index (χ2v) is 5.34. The number of benzene rings is 1. The third-order valence-electron chi connectivity index (χ3n) is 3.46. The predicted octanol–water partition coefficient (Wildman–Crippen LogP) is 3.96. The van der Waals surface area contributed by atoms with Crippen molar-refractivity contribution in [1.29, 1.82) is 0 Å². The monoisotopic (exact) mass is 332 g/mol. The summed E-state index contributed by atoms with van der Waals surface area (Å²) >= 11 is 6.22. The van der Waals surface area contributed by atoms with Gasteiger partial charge in [-0.2, -0.15) is 0 Å². The minimum atomic E-state index is -0.604. The topological polar surface area (TPSA) is 69.7 Å². The summed E-state index contributed by atoms with van der Waals surface area (Å²) in [4.78, 5) is 23.5. The summed E-state index contributed by atoms with van der Waals surface area (Å²) in [7, 11) is 0. The summed E-state index contributed by atoms with van der Waals surface area (Å²) in [5.41, 5.74) is 1.32. The smallest absolute Gasteiger partial charge is 0.374 e. The predicted molar refractivity (Wildman–Crippen MR) is 84.7 cm³/mol. The van der Waals surface area contributed by atoms with E-state index in [4.69, 9.17) is 25.2 Å². The van der Waals surface area contributed by atoms with Gasteiger partial charge in [0, 0.05) is 22.0 Å². The van der Waals surface area contributed by atoms with Gasteiger partial charge in [-0.25, -0.2) is 9.59 Å². The van der Waals surface area contributed by atoms with Crippen LogP contribution >= 0.6 is 11.6 Å². The second-order valence-electron chi connectivity index (χ2n) is 4.94. The van der Waals surface area contributed by atoms with Gasteiger partial charge >= 0.3 is 11.6 Å². The van der Waals surface area contributed by atoms with Crippen molar-refractivity contribution in [3.63, 3.8) is 0 Å². The highest BCUT2D eigenvalue weighted by atomic mass is 35.5. The molecule has 0 N–H and O–H groups in total. The molecule has 2 aromatic heterocycles. The molecule has 0 fully saturated rings. The summed E-state index contributed by atoms with van der Waals surface area (Å²) in [5, 5.41) is 1.21. The van der Waals surface area contributed by atoms with E-state index in [2.05, 4.69) is 0 Å². The van der Waals surface area contributed by atoms with Gasteiger partial charge in [0.1, 0.15) is 12.2 Å². The van der Waals surface area contributed by atoms with E-state index in [0.29, 0.717) is 21.6 Å². The van der Waals surface area contributed by atoms with E-state index in [1.54, 1.807) is 18.2 Å². The van der Waals surface area contributed by atoms with Crippen molar-refractivity contribution in [2.45, 2.75) is 20.0 Å². The number of furan rings is 1. The molecule has 23 heavy (non-hydrogen) atoms. The molecule has 6 heteroatoms. The van der Waals surface area contributed by atoms with Crippen molar-refractivity contribution in [2.24, 2.45) is 0 Å². The lowest BCUT2D eigenvalue weighted by Crippen LogP contribution is -2.07. The Morgan fingerprint density at radius 2 is 2.09 bits per heavy atom. The van der Waals surface area contributed by atoms with E-state index < -0.39 is 11.6 Å². The van der Waals surface area contributed by atoms with Crippen molar-refractivity contribution in [3.05, 3.63) is 68.9 Å². The summed E-state index contributed by atoms with van der Waals surface area (Å²) in [5.74, 6) is -0.503. The molecule has 0 radical (unpaired) electrons. The van der Waals surface area contributed by atoms with Crippen LogP contribution in [-0.4, -0.2) is 5.97 Å². The molecule has 0 saturated carbocycles.